The van der Waals surface area contributed by atoms with Gasteiger partial charge in [0, 0.05) is 23.3 Å². The number of esters is 1. The minimum atomic E-state index is -3.07. The molecule has 3 aliphatic carbocycles. The second-order valence-corrected chi connectivity index (χ2v) is 14.7. The van der Waals surface area contributed by atoms with Crippen molar-refractivity contribution >= 4 is 52.8 Å². The topological polar surface area (TPSA) is 222 Å². The number of nitrogens with two attached hydrogens (primary N) is 1. The molecule has 252 valence electrons. The van der Waals surface area contributed by atoms with Crippen molar-refractivity contribution in [2.75, 3.05) is 19.8 Å². The molecule has 1 aromatic carbocycles. The van der Waals surface area contributed by atoms with E-state index in [9.17, 15) is 43.8 Å². The fourth-order valence-electron chi connectivity index (χ4n) is 8.53. The first-order valence-corrected chi connectivity index (χ1v) is 16.8. The van der Waals surface area contributed by atoms with Gasteiger partial charge in [0.05, 0.1) is 35.5 Å². The van der Waals surface area contributed by atoms with Crippen LogP contribution in [-0.4, -0.2) is 111 Å². The number of phenols is 1. The summed E-state index contributed by atoms with van der Waals surface area (Å²) >= 11 is 1.75. The molecule has 5 unspecified atom stereocenters. The maximum absolute atomic E-state index is 14.3. The number of aliphatic hydroxyl groups is 1. The molecule has 11 atom stereocenters. The molecule has 0 aromatic heterocycles. The number of hydrogen-bond acceptors (Lipinski definition) is 12. The molecule has 5 aliphatic rings. The molecular formula is C32H38N4O10S. The van der Waals surface area contributed by atoms with Crippen LogP contribution in [0.25, 0.3) is 0 Å². The summed E-state index contributed by atoms with van der Waals surface area (Å²) in [5.41, 5.74) is 2.61. The molecule has 0 bridgehead atoms. The summed E-state index contributed by atoms with van der Waals surface area (Å²) in [5, 5.41) is 28.8. The number of unbranched alkanes of at least 4 members (excludes halogenated alkanes) is 1. The Morgan fingerprint density at radius 2 is 1.83 bits per heavy atom. The number of urea groups is 1. The Morgan fingerprint density at radius 1 is 1.11 bits per heavy atom. The molecule has 4 fully saturated rings. The molecule has 6 N–H and O–H groups in total. The molecule has 2 aliphatic heterocycles. The van der Waals surface area contributed by atoms with Gasteiger partial charge in [0.1, 0.15) is 11.9 Å². The van der Waals surface area contributed by atoms with Crippen LogP contribution in [0.15, 0.2) is 18.2 Å². The smallest absolute Gasteiger partial charge is 0.315 e. The molecule has 1 aromatic rings. The quantitative estimate of drug-likeness (QED) is 0.104. The number of nitrogens with one attached hydrogen (secondary N) is 2. The van der Waals surface area contributed by atoms with Crippen molar-refractivity contribution in [1.29, 1.82) is 0 Å². The Balaban J connectivity index is 1.32. The molecule has 2 saturated carbocycles. The van der Waals surface area contributed by atoms with Gasteiger partial charge in [0.15, 0.2) is 34.7 Å². The Bertz CT molecular complexity index is 1580. The van der Waals surface area contributed by atoms with E-state index in [1.54, 1.807) is 24.8 Å². The fourth-order valence-corrected chi connectivity index (χ4v) is 10.1. The summed E-state index contributed by atoms with van der Waals surface area (Å²) in [4.78, 5) is 94.7. The number of thioether (sulfide) groups is 1. The lowest BCUT2D eigenvalue weighted by atomic mass is 9.49. The van der Waals surface area contributed by atoms with Crippen molar-refractivity contribution < 1.29 is 48.5 Å². The monoisotopic (exact) mass is 670 g/mol. The van der Waals surface area contributed by atoms with Crippen molar-refractivity contribution in [3.63, 3.8) is 0 Å². The maximum Gasteiger partial charge on any atom is 0.315 e. The molecule has 3 amide bonds. The molecule has 14 nitrogen and oxygen atoms in total. The van der Waals surface area contributed by atoms with Crippen molar-refractivity contribution in [3.05, 3.63) is 29.3 Å². The second-order valence-electron chi connectivity index (χ2n) is 13.4. The second kappa shape index (κ2) is 12.0. The van der Waals surface area contributed by atoms with Crippen LogP contribution >= 0.6 is 11.8 Å². The van der Waals surface area contributed by atoms with Crippen LogP contribution in [0.4, 0.5) is 4.79 Å². The van der Waals surface area contributed by atoms with E-state index in [2.05, 4.69) is 10.6 Å². The van der Waals surface area contributed by atoms with Gasteiger partial charge in [-0.2, -0.15) is 11.8 Å². The van der Waals surface area contributed by atoms with Gasteiger partial charge in [-0.1, -0.05) is 25.5 Å². The predicted molar refractivity (Wildman–Crippen MR) is 165 cm³/mol. The highest BCUT2D eigenvalue weighted by Crippen LogP contribution is 2.55. The zero-order valence-corrected chi connectivity index (χ0v) is 27.0. The summed E-state index contributed by atoms with van der Waals surface area (Å²) in [6, 6.07) is 2.85. The highest BCUT2D eigenvalue weighted by atomic mass is 32.2. The number of nitrogens with zero attached hydrogens (tertiary/aromatic N) is 1. The van der Waals surface area contributed by atoms with E-state index in [4.69, 9.17) is 10.5 Å². The van der Waals surface area contributed by atoms with E-state index < -0.39 is 82.3 Å². The maximum atomic E-state index is 14.3. The third-order valence-electron chi connectivity index (χ3n) is 10.7. The highest BCUT2D eigenvalue weighted by Gasteiger charge is 2.74. The summed E-state index contributed by atoms with van der Waals surface area (Å²) in [6.07, 6.45) is 0.227. The molecule has 0 spiro atoms. The third kappa shape index (κ3) is 5.05. The van der Waals surface area contributed by atoms with Gasteiger partial charge in [0.2, 0.25) is 5.91 Å². The molecule has 2 heterocycles. The first kappa shape index (κ1) is 33.1. The SMILES string of the molecule is C[C@H]1c2cccc(O)c2C(=O)C2C(=O)[C@]3(O)C(=O)C(C(N)=O)C(=O)[C@@H](N(C)C)[C@@H]3[C@@H](OC(=O)CCCCC3SCC4NC(=O)NC43)[C@@H]21. The minimum absolute atomic E-state index is 0.00930. The van der Waals surface area contributed by atoms with Gasteiger partial charge in [-0.05, 0) is 44.5 Å². The van der Waals surface area contributed by atoms with Crippen molar-refractivity contribution in [3.8, 4) is 5.75 Å². The number of rotatable bonds is 8. The molecule has 6 rings (SSSR count). The van der Waals surface area contributed by atoms with Gasteiger partial charge in [0.25, 0.3) is 0 Å². The van der Waals surface area contributed by atoms with Crippen LogP contribution in [0.3, 0.4) is 0 Å². The van der Waals surface area contributed by atoms with Crippen LogP contribution in [0, 0.1) is 23.7 Å². The van der Waals surface area contributed by atoms with E-state index >= 15 is 0 Å². The number of aromatic hydroxyl groups is 1. The highest BCUT2D eigenvalue weighted by molar-refractivity contribution is 8.00. The van der Waals surface area contributed by atoms with Gasteiger partial charge in [-0.3, -0.25) is 33.7 Å². The number of fused-ring (bicyclic) bond motifs is 4. The number of benzene rings is 1. The first-order valence-electron chi connectivity index (χ1n) is 15.7. The van der Waals surface area contributed by atoms with E-state index in [-0.39, 0.29) is 41.1 Å². The van der Waals surface area contributed by atoms with Crippen molar-refractivity contribution in [2.45, 2.75) is 73.6 Å². The molecule has 0 radical (unpaired) electrons. The summed E-state index contributed by atoms with van der Waals surface area (Å²) in [5.74, 6) is -13.5. The molecule has 2 saturated heterocycles. The van der Waals surface area contributed by atoms with Crippen LogP contribution in [0.5, 0.6) is 5.75 Å². The number of carbonyl (C=O) groups excluding carboxylic acids is 7. The van der Waals surface area contributed by atoms with Gasteiger partial charge in [-0.15, -0.1) is 0 Å². The average Bonchev–Trinajstić information content (AvgIpc) is 3.55. The summed E-state index contributed by atoms with van der Waals surface area (Å²) in [7, 11) is 2.92. The van der Waals surface area contributed by atoms with Crippen molar-refractivity contribution in [1.82, 2.24) is 15.5 Å². The standard InChI is InChI=1S/C32H38N4O10S/c1-12-13-7-6-8-15(37)19(13)25(39)20-18(12)27(46-17(38)10-5-4-9-16-23-14(11-47-16)34-31(44)35-23)22-24(36(2)3)26(40)21(30(33)43)29(42)32(22,45)28(20)41/h6-8,12,14,16,18,20-24,27,37,45H,4-5,9-11H2,1-3H3,(H2,33,43)(H2,34,35,44)/t12-,14?,16?,18+,20?,21?,22+,23?,24-,27-,32-/m0/s1. The lowest BCUT2D eigenvalue weighted by Crippen LogP contribution is -2.78. The first-order chi connectivity index (χ1) is 22.2. The fraction of sp³-hybridized carbons (Fsp3) is 0.594. The number of amides is 3. The average molecular weight is 671 g/mol. The van der Waals surface area contributed by atoms with Crippen LogP contribution in [0.1, 0.15) is 54.4 Å². The number of hydrogen-bond donors (Lipinski definition) is 5. The van der Waals surface area contributed by atoms with Crippen LogP contribution in [-0.2, 0) is 28.7 Å². The van der Waals surface area contributed by atoms with Gasteiger partial charge >= 0.3 is 12.0 Å². The minimum Gasteiger partial charge on any atom is -0.507 e. The van der Waals surface area contributed by atoms with E-state index in [1.165, 1.54) is 31.1 Å². The Hall–Kier alpha value is -3.82. The lowest BCUT2D eigenvalue weighted by molar-refractivity contribution is -0.205. The summed E-state index contributed by atoms with van der Waals surface area (Å²) < 4.78 is 6.05. The lowest BCUT2D eigenvalue weighted by Gasteiger charge is -2.56. The molecular weight excluding hydrogens is 632 g/mol. The van der Waals surface area contributed by atoms with Crippen LogP contribution < -0.4 is 16.4 Å². The number of primary amides is 1. The Morgan fingerprint density at radius 3 is 2.51 bits per heavy atom. The predicted octanol–water partition coefficient (Wildman–Crippen LogP) is -0.324. The zero-order valence-electron chi connectivity index (χ0n) is 26.1. The van der Waals surface area contributed by atoms with Crippen molar-refractivity contribution in [2.24, 2.45) is 29.4 Å². The van der Waals surface area contributed by atoms with Gasteiger partial charge < -0.3 is 31.3 Å². The number of carbonyl (C=O) groups is 7. The molecule has 47 heavy (non-hydrogen) atoms. The Labute approximate surface area is 274 Å². The molecule has 15 heteroatoms. The largest absolute Gasteiger partial charge is 0.507 e. The normalized spacial score (nSPS) is 37.4. The third-order valence-corrected chi connectivity index (χ3v) is 12.2. The summed E-state index contributed by atoms with van der Waals surface area (Å²) in [6.45, 7) is 1.69. The number of ketones is 4. The van der Waals surface area contributed by atoms with Gasteiger partial charge in [-0.25, -0.2) is 4.79 Å². The Kier molecular flexibility index (Phi) is 8.46. The zero-order chi connectivity index (χ0) is 34.1. The number of ether oxygens (including phenoxy) is 1. The van der Waals surface area contributed by atoms with Crippen LogP contribution in [0.2, 0.25) is 0 Å². The van der Waals surface area contributed by atoms with E-state index in [1.807, 2.05) is 0 Å². The van der Waals surface area contributed by atoms with E-state index in [0.717, 1.165) is 12.2 Å². The number of likely N-dealkylation sites (N-methyl/N-ethyl adjacent to an activating group) is 1. The van der Waals surface area contributed by atoms with E-state index in [0.29, 0.717) is 18.4 Å². The number of Topliss-reactive ketones (excluding diaryl/α,β-unsaturated/α-hetero) is 4. The number of phenolic OH excluding ortho intramolecular Hbond substituents is 1.